The number of rotatable bonds is 6. The maximum Gasteiger partial charge on any atom is 0.171 e. The molecule has 4 heterocycles. The molecule has 3 aromatic heterocycles. The minimum absolute atomic E-state index is 0.0116. The average Bonchev–Trinajstić information content (AvgIpc) is 3.50. The Bertz CT molecular complexity index is 1270. The maximum atomic E-state index is 14.9. The third-order valence-electron chi connectivity index (χ3n) is 6.15. The van der Waals surface area contributed by atoms with E-state index in [1.54, 1.807) is 12.4 Å². The Labute approximate surface area is 189 Å². The van der Waals surface area contributed by atoms with Gasteiger partial charge in [0.2, 0.25) is 0 Å². The van der Waals surface area contributed by atoms with Gasteiger partial charge < -0.3 is 19.2 Å². The molecule has 0 atom stereocenters. The zero-order valence-corrected chi connectivity index (χ0v) is 18.4. The van der Waals surface area contributed by atoms with Crippen LogP contribution >= 0.6 is 0 Å². The number of nitrogens with zero attached hydrogens (tertiary/aromatic N) is 3. The van der Waals surface area contributed by atoms with Gasteiger partial charge in [0.05, 0.1) is 26.5 Å². The van der Waals surface area contributed by atoms with Crippen LogP contribution in [0, 0.1) is 11.6 Å². The van der Waals surface area contributed by atoms with Gasteiger partial charge >= 0.3 is 0 Å². The van der Waals surface area contributed by atoms with Gasteiger partial charge in [0.15, 0.2) is 23.1 Å². The van der Waals surface area contributed by atoms with Gasteiger partial charge in [-0.15, -0.1) is 0 Å². The van der Waals surface area contributed by atoms with Crippen LogP contribution in [0.1, 0.15) is 30.0 Å². The standard InChI is InChI=1S/C24H24F2N4O3/c1-31-20-9-21(32-2)23(26)19(22(20)25)8-15-11-28-24-18(15)7-14(10-27-24)16-12-29-30(13-16)17-3-5-33-6-4-17/h7,9-13,17H,3-6,8H2,1-2H3,(H,27,28). The molecule has 172 valence electrons. The number of methoxy groups -OCH3 is 2. The summed E-state index contributed by atoms with van der Waals surface area (Å²) in [6.07, 6.45) is 9.19. The number of ether oxygens (including phenoxy) is 3. The fraction of sp³-hybridized carbons (Fsp3) is 0.333. The van der Waals surface area contributed by atoms with Gasteiger partial charge in [0, 0.05) is 66.4 Å². The lowest BCUT2D eigenvalue weighted by Crippen LogP contribution is -2.19. The third kappa shape index (κ3) is 3.93. The molecule has 33 heavy (non-hydrogen) atoms. The first-order chi connectivity index (χ1) is 16.1. The molecule has 0 spiro atoms. The topological polar surface area (TPSA) is 74.2 Å². The first-order valence-corrected chi connectivity index (χ1v) is 10.8. The molecule has 7 nitrogen and oxygen atoms in total. The van der Waals surface area contributed by atoms with E-state index < -0.39 is 11.6 Å². The number of halogens is 2. The van der Waals surface area contributed by atoms with E-state index in [2.05, 4.69) is 15.1 Å². The Morgan fingerprint density at radius 3 is 2.48 bits per heavy atom. The maximum absolute atomic E-state index is 14.9. The summed E-state index contributed by atoms with van der Waals surface area (Å²) in [7, 11) is 2.67. The second kappa shape index (κ2) is 8.82. The molecule has 0 saturated carbocycles. The summed E-state index contributed by atoms with van der Waals surface area (Å²) in [5, 5.41) is 5.32. The number of H-pyrrole nitrogens is 1. The Morgan fingerprint density at radius 1 is 1.06 bits per heavy atom. The molecular formula is C24H24F2N4O3. The van der Waals surface area contributed by atoms with Crippen molar-refractivity contribution in [2.24, 2.45) is 0 Å². The number of aromatic nitrogens is 4. The molecule has 0 radical (unpaired) electrons. The van der Waals surface area contributed by atoms with Crippen LogP contribution < -0.4 is 9.47 Å². The van der Waals surface area contributed by atoms with Crippen molar-refractivity contribution < 1.29 is 23.0 Å². The molecule has 1 N–H and O–H groups in total. The largest absolute Gasteiger partial charge is 0.494 e. The molecule has 9 heteroatoms. The van der Waals surface area contributed by atoms with Crippen molar-refractivity contribution in [2.45, 2.75) is 25.3 Å². The molecular weight excluding hydrogens is 430 g/mol. The van der Waals surface area contributed by atoms with Crippen LogP contribution in [0.15, 0.2) is 36.9 Å². The monoisotopic (exact) mass is 454 g/mol. The molecule has 4 aromatic rings. The van der Waals surface area contributed by atoms with Crippen molar-refractivity contribution in [1.82, 2.24) is 19.7 Å². The van der Waals surface area contributed by atoms with Crippen molar-refractivity contribution in [1.29, 1.82) is 0 Å². The second-order valence-corrected chi connectivity index (χ2v) is 8.05. The number of fused-ring (bicyclic) bond motifs is 1. The molecule has 5 rings (SSSR count). The molecule has 0 amide bonds. The highest BCUT2D eigenvalue weighted by molar-refractivity contribution is 5.84. The fourth-order valence-corrected chi connectivity index (χ4v) is 4.28. The summed E-state index contributed by atoms with van der Waals surface area (Å²) < 4.78 is 47.3. The molecule has 0 aliphatic carbocycles. The number of benzene rings is 1. The highest BCUT2D eigenvalue weighted by Crippen LogP contribution is 2.34. The van der Waals surface area contributed by atoms with E-state index >= 15 is 0 Å². The van der Waals surface area contributed by atoms with Crippen LogP contribution in [0.5, 0.6) is 11.5 Å². The number of nitrogens with one attached hydrogen (secondary N) is 1. The van der Waals surface area contributed by atoms with Crippen LogP contribution in [0.2, 0.25) is 0 Å². The molecule has 0 unspecified atom stereocenters. The number of hydrogen-bond acceptors (Lipinski definition) is 5. The van der Waals surface area contributed by atoms with E-state index in [1.807, 2.05) is 23.1 Å². The number of pyridine rings is 1. The van der Waals surface area contributed by atoms with Gasteiger partial charge in [-0.2, -0.15) is 5.10 Å². The molecule has 1 fully saturated rings. The summed E-state index contributed by atoms with van der Waals surface area (Å²) >= 11 is 0. The van der Waals surface area contributed by atoms with Gasteiger partial charge in [-0.25, -0.2) is 13.8 Å². The minimum atomic E-state index is -0.744. The second-order valence-electron chi connectivity index (χ2n) is 8.05. The summed E-state index contributed by atoms with van der Waals surface area (Å²) in [6.45, 7) is 1.48. The predicted molar refractivity (Wildman–Crippen MR) is 119 cm³/mol. The van der Waals surface area contributed by atoms with Crippen LogP contribution in [-0.2, 0) is 11.2 Å². The lowest BCUT2D eigenvalue weighted by molar-refractivity contribution is 0.0662. The Kier molecular flexibility index (Phi) is 5.72. The van der Waals surface area contributed by atoms with Crippen molar-refractivity contribution in [3.05, 3.63) is 59.7 Å². The lowest BCUT2D eigenvalue weighted by Gasteiger charge is -2.22. The Balaban J connectivity index is 1.50. The van der Waals surface area contributed by atoms with E-state index in [4.69, 9.17) is 14.2 Å². The molecule has 1 saturated heterocycles. The summed E-state index contributed by atoms with van der Waals surface area (Å²) in [5.74, 6) is -1.62. The first kappa shape index (κ1) is 21.4. The number of aromatic amines is 1. The normalized spacial score (nSPS) is 14.7. The van der Waals surface area contributed by atoms with Crippen LogP contribution in [-0.4, -0.2) is 47.2 Å². The predicted octanol–water partition coefficient (Wildman–Crippen LogP) is 4.66. The minimum Gasteiger partial charge on any atom is -0.494 e. The zero-order chi connectivity index (χ0) is 22.9. The van der Waals surface area contributed by atoms with E-state index in [1.165, 1.54) is 20.3 Å². The van der Waals surface area contributed by atoms with E-state index in [0.29, 0.717) is 17.3 Å². The van der Waals surface area contributed by atoms with Crippen molar-refractivity contribution in [2.75, 3.05) is 27.4 Å². The summed E-state index contributed by atoms with van der Waals surface area (Å²) in [4.78, 5) is 7.59. The highest BCUT2D eigenvalue weighted by Gasteiger charge is 2.22. The Hall–Kier alpha value is -3.46. The Morgan fingerprint density at radius 2 is 1.79 bits per heavy atom. The smallest absolute Gasteiger partial charge is 0.171 e. The molecule has 1 aliphatic rings. The zero-order valence-electron chi connectivity index (χ0n) is 18.4. The van der Waals surface area contributed by atoms with Crippen LogP contribution in [0.3, 0.4) is 0 Å². The van der Waals surface area contributed by atoms with Gasteiger partial charge in [-0.05, 0) is 24.5 Å². The van der Waals surface area contributed by atoms with Gasteiger partial charge in [0.25, 0.3) is 0 Å². The highest BCUT2D eigenvalue weighted by atomic mass is 19.1. The fourth-order valence-electron chi connectivity index (χ4n) is 4.28. The number of hydrogen-bond donors (Lipinski definition) is 1. The molecule has 1 aromatic carbocycles. The van der Waals surface area contributed by atoms with E-state index in [9.17, 15) is 8.78 Å². The van der Waals surface area contributed by atoms with E-state index in [0.717, 1.165) is 42.6 Å². The SMILES string of the molecule is COc1cc(OC)c(F)c(Cc2c[nH]c3ncc(-c4cnn(C5CCOCC5)c4)cc23)c1F. The van der Waals surface area contributed by atoms with Crippen LogP contribution in [0.25, 0.3) is 22.2 Å². The molecule has 1 aliphatic heterocycles. The lowest BCUT2D eigenvalue weighted by atomic mass is 10.0. The van der Waals surface area contributed by atoms with Gasteiger partial charge in [-0.3, -0.25) is 4.68 Å². The quantitative estimate of drug-likeness (QED) is 0.459. The van der Waals surface area contributed by atoms with Crippen molar-refractivity contribution in [3.63, 3.8) is 0 Å². The molecule has 0 bridgehead atoms. The summed E-state index contributed by atoms with van der Waals surface area (Å²) in [6, 6.07) is 3.49. The first-order valence-electron chi connectivity index (χ1n) is 10.8. The van der Waals surface area contributed by atoms with Crippen molar-refractivity contribution >= 4 is 11.0 Å². The van der Waals surface area contributed by atoms with Gasteiger partial charge in [0.1, 0.15) is 5.65 Å². The van der Waals surface area contributed by atoms with Gasteiger partial charge in [-0.1, -0.05) is 0 Å². The average molecular weight is 454 g/mol. The summed E-state index contributed by atoms with van der Waals surface area (Å²) in [5.41, 5.74) is 3.05. The van der Waals surface area contributed by atoms with Crippen molar-refractivity contribution in [3.8, 4) is 22.6 Å². The van der Waals surface area contributed by atoms with Crippen LogP contribution in [0.4, 0.5) is 8.78 Å². The van der Waals surface area contributed by atoms with E-state index in [-0.39, 0.29) is 23.5 Å². The third-order valence-corrected chi connectivity index (χ3v) is 6.15.